The maximum absolute atomic E-state index is 13.0. The molecule has 1 saturated heterocycles. The van der Waals surface area contributed by atoms with Gasteiger partial charge in [0, 0.05) is 6.54 Å². The Morgan fingerprint density at radius 3 is 2.30 bits per heavy atom. The molecule has 1 rings (SSSR count). The molecule has 1 fully saturated rings. The van der Waals surface area contributed by atoms with Crippen molar-refractivity contribution in [3.63, 3.8) is 0 Å². The van der Waals surface area contributed by atoms with E-state index in [2.05, 4.69) is 10.6 Å². The molecule has 5 unspecified atom stereocenters. The van der Waals surface area contributed by atoms with Gasteiger partial charge in [0.2, 0.25) is 23.6 Å². The van der Waals surface area contributed by atoms with Crippen molar-refractivity contribution in [2.75, 3.05) is 13.2 Å². The lowest BCUT2D eigenvalue weighted by atomic mass is 9.97. The molecule has 0 bridgehead atoms. The van der Waals surface area contributed by atoms with Crippen LogP contribution in [0.25, 0.3) is 0 Å². The number of hydrogen-bond donors (Lipinski definition) is 6. The topological polar surface area (TPSA) is 205 Å². The molecule has 12 heteroatoms. The highest BCUT2D eigenvalue weighted by molar-refractivity contribution is 5.95. The van der Waals surface area contributed by atoms with Crippen molar-refractivity contribution in [2.24, 2.45) is 17.4 Å². The van der Waals surface area contributed by atoms with E-state index in [1.165, 1.54) is 4.90 Å². The molecule has 5 atom stereocenters. The smallest absolute Gasteiger partial charge is 0.326 e. The van der Waals surface area contributed by atoms with Gasteiger partial charge in [0.1, 0.15) is 18.1 Å². The molecule has 0 saturated carbocycles. The Kier molecular flexibility index (Phi) is 9.66. The van der Waals surface area contributed by atoms with Crippen molar-refractivity contribution in [2.45, 2.75) is 63.7 Å². The second-order valence-corrected chi connectivity index (χ2v) is 7.42. The standard InChI is InChI=1S/C18H31N5O7/c1-3-9(2)14(17(28)23-6-4-5-12(23)18(29)30)22-16(27)11(8-24)21-15(26)10(19)7-13(20)25/h9-12,14,24H,3-8,19H2,1-2H3,(H2,20,25)(H,21,26)(H,22,27)(H,29,30). The summed E-state index contributed by atoms with van der Waals surface area (Å²) in [5.41, 5.74) is 10.5. The zero-order chi connectivity index (χ0) is 23.0. The summed E-state index contributed by atoms with van der Waals surface area (Å²) >= 11 is 0. The number of rotatable bonds is 11. The van der Waals surface area contributed by atoms with Crippen LogP contribution >= 0.6 is 0 Å². The number of carbonyl (C=O) groups excluding carboxylic acids is 4. The van der Waals surface area contributed by atoms with Crippen LogP contribution in [0.3, 0.4) is 0 Å². The lowest BCUT2D eigenvalue weighted by molar-refractivity contribution is -0.150. The average Bonchev–Trinajstić information content (AvgIpc) is 3.18. The van der Waals surface area contributed by atoms with Gasteiger partial charge in [-0.05, 0) is 18.8 Å². The number of primary amides is 1. The van der Waals surface area contributed by atoms with Gasteiger partial charge < -0.3 is 37.2 Å². The predicted molar refractivity (Wildman–Crippen MR) is 105 cm³/mol. The predicted octanol–water partition coefficient (Wildman–Crippen LogP) is -2.73. The van der Waals surface area contributed by atoms with Gasteiger partial charge in [-0.1, -0.05) is 20.3 Å². The van der Waals surface area contributed by atoms with E-state index in [1.807, 2.05) is 6.92 Å². The minimum absolute atomic E-state index is 0.265. The van der Waals surface area contributed by atoms with Gasteiger partial charge in [0.05, 0.1) is 19.1 Å². The molecular formula is C18H31N5O7. The van der Waals surface area contributed by atoms with Crippen molar-refractivity contribution in [3.05, 3.63) is 0 Å². The molecule has 0 aromatic carbocycles. The number of amides is 4. The summed E-state index contributed by atoms with van der Waals surface area (Å²) in [6, 6.07) is -4.70. The second-order valence-electron chi connectivity index (χ2n) is 7.42. The molecule has 0 spiro atoms. The molecule has 1 heterocycles. The van der Waals surface area contributed by atoms with Crippen LogP contribution < -0.4 is 22.1 Å². The zero-order valence-corrected chi connectivity index (χ0v) is 17.2. The quantitative estimate of drug-likeness (QED) is 0.203. The third-order valence-corrected chi connectivity index (χ3v) is 5.17. The highest BCUT2D eigenvalue weighted by Crippen LogP contribution is 2.21. The number of aliphatic hydroxyl groups is 1. The van der Waals surface area contributed by atoms with Gasteiger partial charge in [-0.2, -0.15) is 0 Å². The molecule has 170 valence electrons. The third-order valence-electron chi connectivity index (χ3n) is 5.17. The average molecular weight is 429 g/mol. The fraction of sp³-hybridized carbons (Fsp3) is 0.722. The number of hydrogen-bond acceptors (Lipinski definition) is 7. The van der Waals surface area contributed by atoms with Gasteiger partial charge in [-0.25, -0.2) is 4.79 Å². The molecule has 0 aromatic rings. The fourth-order valence-electron chi connectivity index (χ4n) is 3.19. The summed E-state index contributed by atoms with van der Waals surface area (Å²) in [4.78, 5) is 61.1. The number of aliphatic hydroxyl groups excluding tert-OH is 1. The largest absolute Gasteiger partial charge is 0.480 e. The van der Waals surface area contributed by atoms with Crippen LogP contribution in [0.15, 0.2) is 0 Å². The number of carboxylic acids is 1. The SMILES string of the molecule is CCC(C)C(NC(=O)C(CO)NC(=O)C(N)CC(N)=O)C(=O)N1CCCC1C(=O)O. The van der Waals surface area contributed by atoms with Crippen LogP contribution in [0, 0.1) is 5.92 Å². The van der Waals surface area contributed by atoms with E-state index in [0.29, 0.717) is 19.3 Å². The van der Waals surface area contributed by atoms with Crippen LogP contribution in [-0.4, -0.2) is 82.0 Å². The number of carbonyl (C=O) groups is 5. The van der Waals surface area contributed by atoms with Gasteiger partial charge in [0.25, 0.3) is 0 Å². The number of nitrogens with two attached hydrogens (primary N) is 2. The normalized spacial score (nSPS) is 20.0. The summed E-state index contributed by atoms with van der Waals surface area (Å²) in [5.74, 6) is -4.47. The first kappa shape index (κ1) is 25.3. The van der Waals surface area contributed by atoms with Crippen molar-refractivity contribution >= 4 is 29.6 Å². The summed E-state index contributed by atoms with van der Waals surface area (Å²) in [7, 11) is 0. The number of nitrogens with one attached hydrogen (secondary N) is 2. The van der Waals surface area contributed by atoms with Gasteiger partial charge in [-0.15, -0.1) is 0 Å². The molecule has 1 aliphatic heterocycles. The monoisotopic (exact) mass is 429 g/mol. The van der Waals surface area contributed by atoms with Crippen molar-refractivity contribution in [3.8, 4) is 0 Å². The fourth-order valence-corrected chi connectivity index (χ4v) is 3.19. The number of aliphatic carboxylic acids is 1. The van der Waals surface area contributed by atoms with Crippen LogP contribution in [-0.2, 0) is 24.0 Å². The van der Waals surface area contributed by atoms with Crippen LogP contribution in [0.1, 0.15) is 39.5 Å². The Morgan fingerprint density at radius 2 is 1.80 bits per heavy atom. The number of carboxylic acid groups (broad SMARTS) is 1. The molecule has 0 aliphatic carbocycles. The number of likely N-dealkylation sites (tertiary alicyclic amines) is 1. The lowest BCUT2D eigenvalue weighted by Crippen LogP contribution is -2.59. The Labute approximate surface area is 174 Å². The zero-order valence-electron chi connectivity index (χ0n) is 17.2. The van der Waals surface area contributed by atoms with E-state index in [-0.39, 0.29) is 12.5 Å². The molecule has 12 nitrogen and oxygen atoms in total. The van der Waals surface area contributed by atoms with E-state index in [4.69, 9.17) is 11.5 Å². The van der Waals surface area contributed by atoms with E-state index >= 15 is 0 Å². The molecule has 0 radical (unpaired) electrons. The molecule has 0 aromatic heterocycles. The Balaban J connectivity index is 2.91. The van der Waals surface area contributed by atoms with E-state index < -0.39 is 66.8 Å². The maximum Gasteiger partial charge on any atom is 0.326 e. The first-order valence-corrected chi connectivity index (χ1v) is 9.82. The van der Waals surface area contributed by atoms with Crippen LogP contribution in [0.4, 0.5) is 0 Å². The van der Waals surface area contributed by atoms with Crippen molar-refractivity contribution < 1.29 is 34.2 Å². The van der Waals surface area contributed by atoms with Crippen molar-refractivity contribution in [1.29, 1.82) is 0 Å². The Morgan fingerprint density at radius 1 is 1.17 bits per heavy atom. The highest BCUT2D eigenvalue weighted by atomic mass is 16.4. The lowest BCUT2D eigenvalue weighted by Gasteiger charge is -2.31. The number of nitrogens with zero attached hydrogens (tertiary/aromatic N) is 1. The minimum Gasteiger partial charge on any atom is -0.480 e. The Hall–Kier alpha value is -2.73. The van der Waals surface area contributed by atoms with E-state index in [0.717, 1.165) is 0 Å². The molecule has 8 N–H and O–H groups in total. The van der Waals surface area contributed by atoms with Gasteiger partial charge >= 0.3 is 5.97 Å². The molecule has 4 amide bonds. The Bertz CT molecular complexity index is 671. The molecule has 1 aliphatic rings. The minimum atomic E-state index is -1.41. The van der Waals surface area contributed by atoms with Crippen molar-refractivity contribution in [1.82, 2.24) is 15.5 Å². The summed E-state index contributed by atoms with van der Waals surface area (Å²) in [6.07, 6.45) is 0.944. The second kappa shape index (κ2) is 11.5. The summed E-state index contributed by atoms with van der Waals surface area (Å²) < 4.78 is 0. The molecule has 30 heavy (non-hydrogen) atoms. The van der Waals surface area contributed by atoms with Crippen LogP contribution in [0.5, 0.6) is 0 Å². The third kappa shape index (κ3) is 6.66. The summed E-state index contributed by atoms with van der Waals surface area (Å²) in [6.45, 7) is 3.03. The van der Waals surface area contributed by atoms with Gasteiger partial charge in [-0.3, -0.25) is 19.2 Å². The van der Waals surface area contributed by atoms with Gasteiger partial charge in [0.15, 0.2) is 0 Å². The first-order valence-electron chi connectivity index (χ1n) is 9.82. The first-order chi connectivity index (χ1) is 14.0. The highest BCUT2D eigenvalue weighted by Gasteiger charge is 2.39. The van der Waals surface area contributed by atoms with Crippen LogP contribution in [0.2, 0.25) is 0 Å². The summed E-state index contributed by atoms with van der Waals surface area (Å²) in [5, 5.41) is 23.6. The van der Waals surface area contributed by atoms with E-state index in [9.17, 15) is 34.2 Å². The molecular weight excluding hydrogens is 398 g/mol. The van der Waals surface area contributed by atoms with E-state index in [1.54, 1.807) is 6.92 Å². The maximum atomic E-state index is 13.0.